The third-order valence-electron chi connectivity index (χ3n) is 3.10. The summed E-state index contributed by atoms with van der Waals surface area (Å²) < 4.78 is 0.942. The number of benzene rings is 1. The number of nitrogens with zero attached hydrogens (tertiary/aromatic N) is 1. The molecular formula is C14H17BrN2O. The highest BCUT2D eigenvalue weighted by molar-refractivity contribution is 9.11. The van der Waals surface area contributed by atoms with Gasteiger partial charge in [-0.2, -0.15) is 0 Å². The van der Waals surface area contributed by atoms with Crippen LogP contribution in [0.3, 0.4) is 0 Å². The molecule has 1 aromatic rings. The van der Waals surface area contributed by atoms with Gasteiger partial charge in [0.15, 0.2) is 0 Å². The highest BCUT2D eigenvalue weighted by atomic mass is 79.9. The average Bonchev–Trinajstić information content (AvgIpc) is 2.52. The molecule has 96 valence electrons. The van der Waals surface area contributed by atoms with E-state index >= 15 is 0 Å². The first kappa shape index (κ1) is 13.3. The van der Waals surface area contributed by atoms with E-state index in [-0.39, 0.29) is 11.9 Å². The van der Waals surface area contributed by atoms with Crippen molar-refractivity contribution in [2.24, 2.45) is 0 Å². The molecule has 0 aliphatic carbocycles. The van der Waals surface area contributed by atoms with Crippen molar-refractivity contribution in [2.45, 2.75) is 12.5 Å². The van der Waals surface area contributed by atoms with Gasteiger partial charge in [0.25, 0.3) is 0 Å². The molecule has 0 saturated carbocycles. The Kier molecular flexibility index (Phi) is 4.55. The second kappa shape index (κ2) is 6.16. The van der Waals surface area contributed by atoms with E-state index < -0.39 is 0 Å². The highest BCUT2D eigenvalue weighted by Gasteiger charge is 2.25. The van der Waals surface area contributed by atoms with E-state index in [9.17, 15) is 4.79 Å². The largest absolute Gasteiger partial charge is 0.355 e. The van der Waals surface area contributed by atoms with E-state index in [0.717, 1.165) is 17.6 Å². The van der Waals surface area contributed by atoms with E-state index in [1.54, 1.807) is 0 Å². The van der Waals surface area contributed by atoms with Crippen molar-refractivity contribution in [2.75, 3.05) is 19.6 Å². The first-order chi connectivity index (χ1) is 8.66. The number of amides is 1. The maximum absolute atomic E-state index is 11.7. The van der Waals surface area contributed by atoms with Crippen molar-refractivity contribution < 1.29 is 4.79 Å². The summed E-state index contributed by atoms with van der Waals surface area (Å²) >= 11 is 3.41. The maximum atomic E-state index is 11.7. The predicted octanol–water partition coefficient (Wildman–Crippen LogP) is 2.46. The minimum Gasteiger partial charge on any atom is -0.355 e. The van der Waals surface area contributed by atoms with E-state index in [1.807, 2.05) is 18.2 Å². The third kappa shape index (κ3) is 3.43. The van der Waals surface area contributed by atoms with Crippen LogP contribution in [-0.4, -0.2) is 30.4 Å². The number of hydrogen-bond acceptors (Lipinski definition) is 2. The molecule has 0 radical (unpaired) electrons. The smallest absolute Gasteiger partial charge is 0.221 e. The van der Waals surface area contributed by atoms with Gasteiger partial charge < -0.3 is 5.32 Å². The summed E-state index contributed by atoms with van der Waals surface area (Å²) in [4.78, 5) is 14.0. The fourth-order valence-electron chi connectivity index (χ4n) is 2.29. The van der Waals surface area contributed by atoms with E-state index in [4.69, 9.17) is 0 Å². The molecule has 1 heterocycles. The van der Waals surface area contributed by atoms with Gasteiger partial charge in [0.2, 0.25) is 5.91 Å². The summed E-state index contributed by atoms with van der Waals surface area (Å²) in [5.41, 5.74) is 1.18. The fourth-order valence-corrected chi connectivity index (χ4v) is 2.61. The number of rotatable bonds is 3. The zero-order valence-electron chi connectivity index (χ0n) is 10.2. The van der Waals surface area contributed by atoms with E-state index in [2.05, 4.69) is 44.9 Å². The second-order valence-corrected chi connectivity index (χ2v) is 5.59. The maximum Gasteiger partial charge on any atom is 0.221 e. The molecule has 3 nitrogen and oxygen atoms in total. The SMILES string of the molecule is C=C(Br)CN1CCNC(=O)C[C@H]1c1ccccc1. The number of halogens is 1. The van der Waals surface area contributed by atoms with Crippen molar-refractivity contribution in [1.82, 2.24) is 10.2 Å². The lowest BCUT2D eigenvalue weighted by Gasteiger charge is -2.29. The van der Waals surface area contributed by atoms with Gasteiger partial charge in [0, 0.05) is 36.6 Å². The normalized spacial score (nSPS) is 21.2. The predicted molar refractivity (Wildman–Crippen MR) is 76.4 cm³/mol. The van der Waals surface area contributed by atoms with Crippen molar-refractivity contribution in [3.8, 4) is 0 Å². The van der Waals surface area contributed by atoms with Crippen molar-refractivity contribution >= 4 is 21.8 Å². The summed E-state index contributed by atoms with van der Waals surface area (Å²) in [6.45, 7) is 6.20. The molecule has 1 N–H and O–H groups in total. The second-order valence-electron chi connectivity index (χ2n) is 4.47. The molecular weight excluding hydrogens is 292 g/mol. The van der Waals surface area contributed by atoms with Gasteiger partial charge in [0.05, 0.1) is 0 Å². The molecule has 0 bridgehead atoms. The van der Waals surface area contributed by atoms with Crippen molar-refractivity contribution in [3.63, 3.8) is 0 Å². The quantitative estimate of drug-likeness (QED) is 0.930. The van der Waals surface area contributed by atoms with Gasteiger partial charge in [0.1, 0.15) is 0 Å². The van der Waals surface area contributed by atoms with Crippen LogP contribution >= 0.6 is 15.9 Å². The Balaban J connectivity index is 2.24. The minimum absolute atomic E-state index is 0.117. The summed E-state index contributed by atoms with van der Waals surface area (Å²) in [5.74, 6) is 0.117. The van der Waals surface area contributed by atoms with Crippen LogP contribution in [0.4, 0.5) is 0 Å². The standard InChI is InChI=1S/C14H17BrN2O/c1-11(15)10-17-8-7-16-14(18)9-13(17)12-5-3-2-4-6-12/h2-6,13H,1,7-10H2,(H,16,18)/t13-/m0/s1. The summed E-state index contributed by atoms with van der Waals surface area (Å²) in [6.07, 6.45) is 0.504. The topological polar surface area (TPSA) is 32.3 Å². The number of carbonyl (C=O) groups is 1. The molecule has 1 amide bonds. The zero-order valence-corrected chi connectivity index (χ0v) is 11.8. The molecule has 18 heavy (non-hydrogen) atoms. The van der Waals surface area contributed by atoms with Crippen LogP contribution in [-0.2, 0) is 4.79 Å². The first-order valence-corrected chi connectivity index (χ1v) is 6.85. The van der Waals surface area contributed by atoms with Crippen LogP contribution in [0.5, 0.6) is 0 Å². The molecule has 0 aromatic heterocycles. The number of carbonyl (C=O) groups excluding carboxylic acids is 1. The zero-order chi connectivity index (χ0) is 13.0. The van der Waals surface area contributed by atoms with Crippen molar-refractivity contribution in [3.05, 3.63) is 47.0 Å². The lowest BCUT2D eigenvalue weighted by atomic mass is 10.0. The van der Waals surface area contributed by atoms with Crippen molar-refractivity contribution in [1.29, 1.82) is 0 Å². The van der Waals surface area contributed by atoms with Gasteiger partial charge >= 0.3 is 0 Å². The van der Waals surface area contributed by atoms with Gasteiger partial charge in [-0.25, -0.2) is 0 Å². The molecule has 4 heteroatoms. The lowest BCUT2D eigenvalue weighted by Crippen LogP contribution is -2.31. The van der Waals surface area contributed by atoms with Crippen LogP contribution in [0.15, 0.2) is 41.4 Å². The fraction of sp³-hybridized carbons (Fsp3) is 0.357. The average molecular weight is 309 g/mol. The minimum atomic E-state index is 0.117. The van der Waals surface area contributed by atoms with Crippen LogP contribution in [0.2, 0.25) is 0 Å². The first-order valence-electron chi connectivity index (χ1n) is 6.06. The van der Waals surface area contributed by atoms with E-state index in [0.29, 0.717) is 13.0 Å². The van der Waals surface area contributed by atoms with Crippen LogP contribution in [0, 0.1) is 0 Å². The van der Waals surface area contributed by atoms with Crippen LogP contribution < -0.4 is 5.32 Å². The Morgan fingerprint density at radius 2 is 2.17 bits per heavy atom. The van der Waals surface area contributed by atoms with Crippen LogP contribution in [0.1, 0.15) is 18.0 Å². The number of hydrogen-bond donors (Lipinski definition) is 1. The van der Waals surface area contributed by atoms with Crippen LogP contribution in [0.25, 0.3) is 0 Å². The lowest BCUT2D eigenvalue weighted by molar-refractivity contribution is -0.121. The molecule has 1 fully saturated rings. The van der Waals surface area contributed by atoms with Gasteiger partial charge in [-0.15, -0.1) is 0 Å². The summed E-state index contributed by atoms with van der Waals surface area (Å²) in [5, 5.41) is 2.92. The Morgan fingerprint density at radius 1 is 1.44 bits per heavy atom. The molecule has 0 spiro atoms. The van der Waals surface area contributed by atoms with E-state index in [1.165, 1.54) is 5.56 Å². The van der Waals surface area contributed by atoms with Gasteiger partial charge in [-0.05, 0) is 5.56 Å². The van der Waals surface area contributed by atoms with Gasteiger partial charge in [-0.3, -0.25) is 9.69 Å². The molecule has 1 aromatic carbocycles. The Hall–Kier alpha value is -1.13. The Morgan fingerprint density at radius 3 is 2.83 bits per heavy atom. The summed E-state index contributed by atoms with van der Waals surface area (Å²) in [7, 11) is 0. The number of nitrogens with one attached hydrogen (secondary N) is 1. The summed E-state index contributed by atoms with van der Waals surface area (Å²) in [6, 6.07) is 10.3. The Labute approximate surface area is 116 Å². The molecule has 1 aliphatic heterocycles. The molecule has 1 saturated heterocycles. The molecule has 2 rings (SSSR count). The monoisotopic (exact) mass is 308 g/mol. The third-order valence-corrected chi connectivity index (χ3v) is 3.35. The Bertz CT molecular complexity index is 433. The van der Waals surface area contributed by atoms with Gasteiger partial charge in [-0.1, -0.05) is 52.8 Å². The molecule has 0 unspecified atom stereocenters. The molecule has 1 atom stereocenters. The molecule has 1 aliphatic rings. The highest BCUT2D eigenvalue weighted by Crippen LogP contribution is 2.26.